The second-order valence-corrected chi connectivity index (χ2v) is 7.55. The zero-order valence-corrected chi connectivity index (χ0v) is 17.9. The fourth-order valence-corrected chi connectivity index (χ4v) is 4.19. The lowest BCUT2D eigenvalue weighted by Crippen LogP contribution is -3.15. The van der Waals surface area contributed by atoms with E-state index in [1.165, 1.54) is 17.0 Å². The van der Waals surface area contributed by atoms with E-state index in [0.717, 1.165) is 49.0 Å². The zero-order valence-electron chi connectivity index (χ0n) is 17.9. The van der Waals surface area contributed by atoms with Crippen LogP contribution in [-0.4, -0.2) is 67.2 Å². The Balaban J connectivity index is 1.58. The van der Waals surface area contributed by atoms with Crippen molar-refractivity contribution in [1.82, 2.24) is 20.2 Å². The minimum atomic E-state index is -0.252. The maximum absolute atomic E-state index is 13.6. The summed E-state index contributed by atoms with van der Waals surface area (Å²) in [6.45, 7) is 4.59. The van der Waals surface area contributed by atoms with E-state index in [2.05, 4.69) is 26.5 Å². The minimum Gasteiger partial charge on any atom is -0.495 e. The number of para-hydroxylation sites is 2. The molecule has 4 rings (SSSR count). The molecule has 2 heterocycles. The van der Waals surface area contributed by atoms with E-state index in [1.807, 2.05) is 30.3 Å². The highest BCUT2D eigenvalue weighted by Gasteiger charge is 2.34. The number of anilines is 1. The van der Waals surface area contributed by atoms with Crippen molar-refractivity contribution in [3.8, 4) is 5.75 Å². The fourth-order valence-electron chi connectivity index (χ4n) is 4.19. The van der Waals surface area contributed by atoms with Gasteiger partial charge in [0.05, 0.1) is 52.1 Å². The van der Waals surface area contributed by atoms with E-state index in [0.29, 0.717) is 13.2 Å². The molecule has 3 aromatic rings. The van der Waals surface area contributed by atoms with Crippen LogP contribution < -0.4 is 14.5 Å². The molecule has 1 saturated heterocycles. The molecule has 9 heteroatoms. The summed E-state index contributed by atoms with van der Waals surface area (Å²) in [5.41, 5.74) is 2.10. The average Bonchev–Trinajstić information content (AvgIpc) is 3.27. The fraction of sp³-hybridized carbons (Fsp3) is 0.409. The quantitative estimate of drug-likeness (QED) is 0.578. The maximum atomic E-state index is 13.6. The Morgan fingerprint density at radius 1 is 1.06 bits per heavy atom. The third-order valence-electron chi connectivity index (χ3n) is 5.77. The number of methoxy groups -OCH3 is 2. The van der Waals surface area contributed by atoms with Gasteiger partial charge in [0.2, 0.25) is 5.82 Å². The first-order valence-corrected chi connectivity index (χ1v) is 10.4. The molecule has 1 aromatic heterocycles. The number of piperazine rings is 1. The van der Waals surface area contributed by atoms with Crippen LogP contribution in [0.5, 0.6) is 5.75 Å². The normalized spacial score (nSPS) is 15.8. The Morgan fingerprint density at radius 2 is 1.81 bits per heavy atom. The number of hydrogen-bond donors (Lipinski definition) is 1. The minimum absolute atomic E-state index is 0.0905. The summed E-state index contributed by atoms with van der Waals surface area (Å²) in [7, 11) is 3.36. The number of rotatable bonds is 8. The summed E-state index contributed by atoms with van der Waals surface area (Å²) < 4.78 is 26.1. The summed E-state index contributed by atoms with van der Waals surface area (Å²) in [4.78, 5) is 3.68. The molecule has 0 saturated carbocycles. The number of nitrogens with zero attached hydrogens (tertiary/aromatic N) is 5. The summed E-state index contributed by atoms with van der Waals surface area (Å²) in [5, 5.41) is 12.4. The molecule has 0 unspecified atom stereocenters. The number of tetrazole rings is 1. The molecule has 8 nitrogen and oxygen atoms in total. The monoisotopic (exact) mass is 427 g/mol. The molecular formula is C22H28FN6O2+. The first-order chi connectivity index (χ1) is 15.2. The number of quaternary nitrogens is 1. The molecular weight excluding hydrogens is 399 g/mol. The van der Waals surface area contributed by atoms with Crippen LogP contribution in [-0.2, 0) is 11.3 Å². The number of hydrogen-bond acceptors (Lipinski definition) is 6. The SMILES string of the molecule is COCCn1nnnc1[C@H](c1ccc(F)cc1)[NH+]1CCN(c2ccccc2OC)CC1. The van der Waals surface area contributed by atoms with Crippen molar-refractivity contribution in [2.45, 2.75) is 12.6 Å². The van der Waals surface area contributed by atoms with Crippen LogP contribution in [0.3, 0.4) is 0 Å². The molecule has 1 atom stereocenters. The van der Waals surface area contributed by atoms with Crippen molar-refractivity contribution in [1.29, 1.82) is 0 Å². The zero-order chi connectivity index (χ0) is 21.6. The van der Waals surface area contributed by atoms with Crippen LogP contribution in [0.2, 0.25) is 0 Å². The first kappa shape index (κ1) is 21.2. The topological polar surface area (TPSA) is 69.7 Å². The van der Waals surface area contributed by atoms with Crippen LogP contribution in [0, 0.1) is 5.82 Å². The lowest BCUT2D eigenvalue weighted by atomic mass is 10.0. The third-order valence-corrected chi connectivity index (χ3v) is 5.77. The van der Waals surface area contributed by atoms with Gasteiger partial charge in [-0.25, -0.2) is 9.07 Å². The lowest BCUT2D eigenvalue weighted by molar-refractivity contribution is -0.927. The second kappa shape index (κ2) is 9.84. The van der Waals surface area contributed by atoms with Gasteiger partial charge in [0.25, 0.3) is 0 Å². The summed E-state index contributed by atoms with van der Waals surface area (Å²) >= 11 is 0. The predicted molar refractivity (Wildman–Crippen MR) is 114 cm³/mol. The van der Waals surface area contributed by atoms with E-state index in [9.17, 15) is 4.39 Å². The number of ether oxygens (including phenoxy) is 2. The van der Waals surface area contributed by atoms with Crippen LogP contribution in [0.1, 0.15) is 17.4 Å². The van der Waals surface area contributed by atoms with Crippen LogP contribution in [0.25, 0.3) is 0 Å². The highest BCUT2D eigenvalue weighted by Crippen LogP contribution is 2.27. The second-order valence-electron chi connectivity index (χ2n) is 7.55. The molecule has 0 amide bonds. The van der Waals surface area contributed by atoms with Crippen molar-refractivity contribution in [2.24, 2.45) is 0 Å². The summed E-state index contributed by atoms with van der Waals surface area (Å²) in [6.07, 6.45) is 0. The van der Waals surface area contributed by atoms with Gasteiger partial charge in [-0.15, -0.1) is 5.10 Å². The Labute approximate surface area is 181 Å². The number of nitrogens with one attached hydrogen (secondary N) is 1. The Bertz CT molecular complexity index is 972. The molecule has 164 valence electrons. The Morgan fingerprint density at radius 3 is 2.52 bits per heavy atom. The molecule has 0 spiro atoms. The van der Waals surface area contributed by atoms with Crippen LogP contribution in [0.15, 0.2) is 48.5 Å². The standard InChI is InChI=1S/C22H27FN6O2/c1-30-16-15-29-22(24-25-26-29)21(17-7-9-18(23)10-8-17)28-13-11-27(12-14-28)19-5-3-4-6-20(19)31-2/h3-10,21H,11-16H2,1-2H3/p+1/t21-/m0/s1. The molecule has 2 aromatic carbocycles. The van der Waals surface area contributed by atoms with Gasteiger partial charge in [0.1, 0.15) is 11.6 Å². The first-order valence-electron chi connectivity index (χ1n) is 10.4. The third kappa shape index (κ3) is 4.67. The van der Waals surface area contributed by atoms with Crippen LogP contribution >= 0.6 is 0 Å². The van der Waals surface area contributed by atoms with Gasteiger partial charge in [-0.05, 0) is 46.8 Å². The van der Waals surface area contributed by atoms with Gasteiger partial charge in [-0.3, -0.25) is 0 Å². The van der Waals surface area contributed by atoms with Crippen molar-refractivity contribution in [3.63, 3.8) is 0 Å². The molecule has 0 aliphatic carbocycles. The molecule has 1 fully saturated rings. The van der Waals surface area contributed by atoms with Crippen molar-refractivity contribution in [2.75, 3.05) is 51.9 Å². The van der Waals surface area contributed by atoms with E-state index >= 15 is 0 Å². The summed E-state index contributed by atoms with van der Waals surface area (Å²) in [6, 6.07) is 14.6. The smallest absolute Gasteiger partial charge is 0.214 e. The van der Waals surface area contributed by atoms with E-state index < -0.39 is 0 Å². The van der Waals surface area contributed by atoms with Crippen molar-refractivity contribution < 1.29 is 18.8 Å². The molecule has 0 radical (unpaired) electrons. The van der Waals surface area contributed by atoms with Crippen molar-refractivity contribution in [3.05, 3.63) is 65.7 Å². The van der Waals surface area contributed by atoms with E-state index in [-0.39, 0.29) is 11.9 Å². The van der Waals surface area contributed by atoms with E-state index in [4.69, 9.17) is 9.47 Å². The number of halogens is 1. The highest BCUT2D eigenvalue weighted by molar-refractivity contribution is 5.58. The predicted octanol–water partition coefficient (Wildman–Crippen LogP) is 0.962. The van der Waals surface area contributed by atoms with Gasteiger partial charge in [-0.2, -0.15) is 0 Å². The van der Waals surface area contributed by atoms with E-state index in [1.54, 1.807) is 18.9 Å². The molecule has 1 aliphatic heterocycles. The van der Waals surface area contributed by atoms with Gasteiger partial charge in [-0.1, -0.05) is 12.1 Å². The number of benzene rings is 2. The average molecular weight is 428 g/mol. The molecule has 1 N–H and O–H groups in total. The summed E-state index contributed by atoms with van der Waals surface area (Å²) in [5.74, 6) is 1.39. The number of aromatic nitrogens is 4. The van der Waals surface area contributed by atoms with Gasteiger partial charge in [0.15, 0.2) is 6.04 Å². The van der Waals surface area contributed by atoms with Crippen molar-refractivity contribution >= 4 is 5.69 Å². The Hall–Kier alpha value is -3.04. The largest absolute Gasteiger partial charge is 0.495 e. The van der Waals surface area contributed by atoms with Gasteiger partial charge >= 0.3 is 0 Å². The maximum Gasteiger partial charge on any atom is 0.214 e. The lowest BCUT2D eigenvalue weighted by Gasteiger charge is -2.37. The highest BCUT2D eigenvalue weighted by atomic mass is 19.1. The van der Waals surface area contributed by atoms with Crippen LogP contribution in [0.4, 0.5) is 10.1 Å². The van der Waals surface area contributed by atoms with Gasteiger partial charge in [0, 0.05) is 12.7 Å². The Kier molecular flexibility index (Phi) is 6.73. The molecule has 31 heavy (non-hydrogen) atoms. The van der Waals surface area contributed by atoms with Gasteiger partial charge < -0.3 is 19.3 Å². The molecule has 1 aliphatic rings. The molecule has 0 bridgehead atoms.